The van der Waals surface area contributed by atoms with Crippen molar-refractivity contribution in [1.29, 1.82) is 0 Å². The van der Waals surface area contributed by atoms with Gasteiger partial charge < -0.3 is 4.74 Å². The summed E-state index contributed by atoms with van der Waals surface area (Å²) in [6.07, 6.45) is 0. The van der Waals surface area contributed by atoms with Crippen LogP contribution >= 0.6 is 0 Å². The number of carbonyl (C=O) groups is 4. The van der Waals surface area contributed by atoms with E-state index in [2.05, 4.69) is 0 Å². The van der Waals surface area contributed by atoms with E-state index >= 15 is 0 Å². The molecule has 0 saturated carbocycles. The lowest BCUT2D eigenvalue weighted by Gasteiger charge is -2.14. The van der Waals surface area contributed by atoms with E-state index in [0.29, 0.717) is 34.0 Å². The summed E-state index contributed by atoms with van der Waals surface area (Å²) in [4.78, 5) is 54.4. The van der Waals surface area contributed by atoms with Crippen LogP contribution in [0.25, 0.3) is 0 Å². The number of amides is 4. The van der Waals surface area contributed by atoms with Gasteiger partial charge in [-0.3, -0.25) is 19.2 Å². The van der Waals surface area contributed by atoms with Crippen molar-refractivity contribution < 1.29 is 23.9 Å². The van der Waals surface area contributed by atoms with Crippen LogP contribution in [0.5, 0.6) is 11.5 Å². The summed E-state index contributed by atoms with van der Waals surface area (Å²) < 4.78 is 5.95. The molecular weight excluding hydrogens is 468 g/mol. The SMILES string of the molecule is Cc1cccc(N2C(=O)c3ccc(Oc4ccc5c(c4)C(=O)N(c4cccc(C)c4)C5=O)cc3C2=O)c1. The van der Waals surface area contributed by atoms with Crippen molar-refractivity contribution in [3.05, 3.63) is 118 Å². The number of rotatable bonds is 4. The molecule has 7 nitrogen and oxygen atoms in total. The van der Waals surface area contributed by atoms with Gasteiger partial charge in [0.05, 0.1) is 33.6 Å². The molecule has 180 valence electrons. The minimum Gasteiger partial charge on any atom is -0.457 e. The second kappa shape index (κ2) is 8.27. The smallest absolute Gasteiger partial charge is 0.266 e. The van der Waals surface area contributed by atoms with Gasteiger partial charge in [0, 0.05) is 0 Å². The van der Waals surface area contributed by atoms with Crippen LogP contribution in [-0.4, -0.2) is 23.6 Å². The highest BCUT2D eigenvalue weighted by atomic mass is 16.5. The van der Waals surface area contributed by atoms with Crippen LogP contribution in [-0.2, 0) is 0 Å². The van der Waals surface area contributed by atoms with Crippen LogP contribution in [0.2, 0.25) is 0 Å². The van der Waals surface area contributed by atoms with Crippen molar-refractivity contribution in [3.63, 3.8) is 0 Å². The Labute approximate surface area is 212 Å². The first kappa shape index (κ1) is 22.4. The Balaban J connectivity index is 1.28. The molecule has 0 unspecified atom stereocenters. The maximum absolute atomic E-state index is 13.1. The highest BCUT2D eigenvalue weighted by Crippen LogP contribution is 2.35. The Bertz CT molecular complexity index is 1550. The minimum atomic E-state index is -0.431. The summed E-state index contributed by atoms with van der Waals surface area (Å²) in [6, 6.07) is 23.7. The van der Waals surface area contributed by atoms with Crippen molar-refractivity contribution in [1.82, 2.24) is 0 Å². The second-order valence-electron chi connectivity index (χ2n) is 9.09. The van der Waals surface area contributed by atoms with Crippen molar-refractivity contribution in [2.24, 2.45) is 0 Å². The fourth-order valence-corrected chi connectivity index (χ4v) is 4.71. The van der Waals surface area contributed by atoms with Crippen LogP contribution in [0.1, 0.15) is 52.6 Å². The molecule has 4 amide bonds. The number of ether oxygens (including phenoxy) is 1. The third kappa shape index (κ3) is 3.60. The zero-order valence-corrected chi connectivity index (χ0v) is 20.0. The third-order valence-corrected chi connectivity index (χ3v) is 6.47. The highest BCUT2D eigenvalue weighted by Gasteiger charge is 2.38. The van der Waals surface area contributed by atoms with Gasteiger partial charge in [0.15, 0.2) is 0 Å². The molecule has 7 heteroatoms. The first-order chi connectivity index (χ1) is 17.8. The van der Waals surface area contributed by atoms with E-state index in [1.807, 2.05) is 26.0 Å². The molecule has 0 bridgehead atoms. The lowest BCUT2D eigenvalue weighted by atomic mass is 10.1. The average molecular weight is 488 g/mol. The molecule has 0 fully saturated rings. The summed E-state index contributed by atoms with van der Waals surface area (Å²) in [5.74, 6) is -0.985. The summed E-state index contributed by atoms with van der Waals surface area (Å²) >= 11 is 0. The maximum Gasteiger partial charge on any atom is 0.266 e. The van der Waals surface area contributed by atoms with E-state index < -0.39 is 23.6 Å². The van der Waals surface area contributed by atoms with E-state index in [0.717, 1.165) is 20.9 Å². The van der Waals surface area contributed by atoms with E-state index in [-0.39, 0.29) is 11.1 Å². The number of imide groups is 2. The van der Waals surface area contributed by atoms with Crippen molar-refractivity contribution in [3.8, 4) is 11.5 Å². The van der Waals surface area contributed by atoms with Gasteiger partial charge >= 0.3 is 0 Å². The average Bonchev–Trinajstić information content (AvgIpc) is 3.27. The van der Waals surface area contributed by atoms with Gasteiger partial charge in [-0.15, -0.1) is 0 Å². The van der Waals surface area contributed by atoms with Gasteiger partial charge in [-0.1, -0.05) is 24.3 Å². The van der Waals surface area contributed by atoms with Crippen LogP contribution in [0, 0.1) is 13.8 Å². The molecule has 0 radical (unpaired) electrons. The molecule has 0 aliphatic carbocycles. The van der Waals surface area contributed by atoms with Crippen molar-refractivity contribution in [2.75, 3.05) is 9.80 Å². The zero-order valence-electron chi connectivity index (χ0n) is 20.0. The summed E-state index contributed by atoms with van der Waals surface area (Å²) in [5.41, 5.74) is 3.95. The molecule has 0 spiro atoms. The lowest BCUT2D eigenvalue weighted by Crippen LogP contribution is -2.29. The van der Waals surface area contributed by atoms with Crippen molar-refractivity contribution in [2.45, 2.75) is 13.8 Å². The van der Waals surface area contributed by atoms with Crippen LogP contribution in [0.15, 0.2) is 84.9 Å². The fraction of sp³-hybridized carbons (Fsp3) is 0.0667. The summed E-state index contributed by atoms with van der Waals surface area (Å²) in [5, 5.41) is 0. The Morgan fingerprint density at radius 1 is 0.486 bits per heavy atom. The molecule has 2 aliphatic heterocycles. The maximum atomic E-state index is 13.1. The topological polar surface area (TPSA) is 84.0 Å². The highest BCUT2D eigenvalue weighted by molar-refractivity contribution is 6.35. The molecule has 2 heterocycles. The number of hydrogen-bond acceptors (Lipinski definition) is 5. The van der Waals surface area contributed by atoms with Gasteiger partial charge in [-0.2, -0.15) is 0 Å². The quantitative estimate of drug-likeness (QED) is 0.344. The number of anilines is 2. The Kier molecular flexibility index (Phi) is 5.01. The monoisotopic (exact) mass is 488 g/mol. The number of nitrogens with zero attached hydrogens (tertiary/aromatic N) is 2. The minimum absolute atomic E-state index is 0.238. The van der Waals surface area contributed by atoms with Crippen molar-refractivity contribution >= 4 is 35.0 Å². The van der Waals surface area contributed by atoms with Crippen LogP contribution in [0.3, 0.4) is 0 Å². The van der Waals surface area contributed by atoms with Gasteiger partial charge in [-0.05, 0) is 85.6 Å². The molecule has 0 atom stereocenters. The normalized spacial score (nSPS) is 14.3. The molecule has 0 saturated heterocycles. The third-order valence-electron chi connectivity index (χ3n) is 6.47. The number of hydrogen-bond donors (Lipinski definition) is 0. The predicted molar refractivity (Wildman–Crippen MR) is 138 cm³/mol. The number of benzene rings is 4. The summed E-state index contributed by atoms with van der Waals surface area (Å²) in [6.45, 7) is 3.78. The lowest BCUT2D eigenvalue weighted by molar-refractivity contribution is 0.0910. The van der Waals surface area contributed by atoms with Gasteiger partial charge in [0.1, 0.15) is 11.5 Å². The molecule has 37 heavy (non-hydrogen) atoms. The standard InChI is InChI=1S/C30H20N2O5/c1-17-5-3-7-19(13-17)31-27(33)23-11-9-21(15-25(23)29(31)35)37-22-10-12-24-26(16-22)30(36)32(28(24)34)20-8-4-6-18(2)14-20/h3-16H,1-2H3. The number of aryl methyl sites for hydroxylation is 2. The predicted octanol–water partition coefficient (Wildman–Crippen LogP) is 5.70. The Morgan fingerprint density at radius 2 is 0.892 bits per heavy atom. The first-order valence-electron chi connectivity index (χ1n) is 11.7. The molecule has 0 N–H and O–H groups in total. The molecule has 4 aromatic carbocycles. The molecule has 4 aromatic rings. The molecule has 0 aromatic heterocycles. The van der Waals surface area contributed by atoms with Crippen LogP contribution in [0.4, 0.5) is 11.4 Å². The molecule has 2 aliphatic rings. The molecular formula is C30H20N2O5. The fourth-order valence-electron chi connectivity index (χ4n) is 4.71. The number of fused-ring (bicyclic) bond motifs is 2. The second-order valence-corrected chi connectivity index (χ2v) is 9.09. The van der Waals surface area contributed by atoms with Gasteiger partial charge in [-0.25, -0.2) is 9.80 Å². The molecule has 6 rings (SSSR count). The largest absolute Gasteiger partial charge is 0.457 e. The summed E-state index contributed by atoms with van der Waals surface area (Å²) in [7, 11) is 0. The Hall–Kier alpha value is -5.04. The zero-order chi connectivity index (χ0) is 25.8. The number of carbonyl (C=O) groups excluding carboxylic acids is 4. The first-order valence-corrected chi connectivity index (χ1v) is 11.7. The van der Waals surface area contributed by atoms with E-state index in [9.17, 15) is 19.2 Å². The van der Waals surface area contributed by atoms with Gasteiger partial charge in [0.2, 0.25) is 0 Å². The van der Waals surface area contributed by atoms with E-state index in [1.165, 1.54) is 12.1 Å². The van der Waals surface area contributed by atoms with Crippen LogP contribution < -0.4 is 14.5 Å². The van der Waals surface area contributed by atoms with E-state index in [1.54, 1.807) is 60.7 Å². The Morgan fingerprint density at radius 3 is 1.30 bits per heavy atom. The van der Waals surface area contributed by atoms with Gasteiger partial charge in [0.25, 0.3) is 23.6 Å². The van der Waals surface area contributed by atoms with E-state index in [4.69, 9.17) is 4.74 Å².